The number of unbranched alkanes of at least 4 members (excludes halogenated alkanes) is 25. The van der Waals surface area contributed by atoms with Crippen molar-refractivity contribution in [1.29, 1.82) is 0 Å². The number of aliphatic hydroxyl groups is 9. The van der Waals surface area contributed by atoms with Crippen LogP contribution in [0.15, 0.2) is 0 Å². The van der Waals surface area contributed by atoms with Gasteiger partial charge in [0.15, 0.2) is 12.6 Å². The van der Waals surface area contributed by atoms with E-state index in [0.717, 1.165) is 57.8 Å². The minimum atomic E-state index is -1.86. The Kier molecular flexibility index (Phi) is 37.6. The van der Waals surface area contributed by atoms with Gasteiger partial charge in [0.1, 0.15) is 61.0 Å². The molecule has 0 bridgehead atoms. The Hall–Kier alpha value is -1.58. The van der Waals surface area contributed by atoms with E-state index in [1.54, 1.807) is 0 Å². The third kappa shape index (κ3) is 27.0. The van der Waals surface area contributed by atoms with Crippen molar-refractivity contribution in [3.63, 3.8) is 0 Å². The van der Waals surface area contributed by atoms with Crippen LogP contribution in [0.2, 0.25) is 0 Å². The number of hydrogen-bond donors (Lipinski definition) is 11. The molecule has 0 aromatic heterocycles. The molecule has 0 aliphatic carbocycles. The van der Waals surface area contributed by atoms with Gasteiger partial charge in [0.05, 0.1) is 32.0 Å². The molecule has 2 aliphatic heterocycles. The van der Waals surface area contributed by atoms with Gasteiger partial charge in [-0.25, -0.2) is 0 Å². The molecule has 1 unspecified atom stereocenters. The molecule has 0 radical (unpaired) electrons. The zero-order valence-electron chi connectivity index (χ0n) is 45.2. The van der Waals surface area contributed by atoms with Crippen LogP contribution in [0.4, 0.5) is 0 Å². The Morgan fingerprint density at radius 1 is 0.556 bits per heavy atom. The van der Waals surface area contributed by atoms with Crippen LogP contribution in [0.3, 0.4) is 0 Å². The molecule has 0 aromatic carbocycles. The molecule has 0 saturated carbocycles. The molecule has 2 rings (SSSR count). The third-order valence-corrected chi connectivity index (χ3v) is 15.0. The van der Waals surface area contributed by atoms with E-state index in [-0.39, 0.29) is 12.8 Å². The van der Waals surface area contributed by atoms with Crippen LogP contribution >= 0.6 is 0 Å². The van der Waals surface area contributed by atoms with Crippen molar-refractivity contribution in [2.75, 3.05) is 19.8 Å². The molecule has 17 heteroatoms. The van der Waals surface area contributed by atoms with Crippen LogP contribution in [0.5, 0.6) is 0 Å². The van der Waals surface area contributed by atoms with Gasteiger partial charge in [0.25, 0.3) is 0 Å². The predicted octanol–water partition coefficient (Wildman–Crippen LogP) is 6.11. The summed E-state index contributed by atoms with van der Waals surface area (Å²) in [5.74, 6) is -0.576. The normalized spacial score (nSPS) is 26.7. The molecule has 2 heterocycles. The fourth-order valence-electron chi connectivity index (χ4n) is 9.90. The first-order chi connectivity index (χ1) is 34.7. The maximum Gasteiger partial charge on any atom is 0.249 e. The second kappa shape index (κ2) is 40.6. The van der Waals surface area contributed by atoms with Gasteiger partial charge >= 0.3 is 0 Å². The van der Waals surface area contributed by atoms with E-state index in [4.69, 9.17) is 18.9 Å². The zero-order valence-corrected chi connectivity index (χ0v) is 45.2. The number of aliphatic hydroxyl groups excluding tert-OH is 9. The molecule has 0 aromatic rings. The average Bonchev–Trinajstić information content (AvgIpc) is 3.37. The van der Waals surface area contributed by atoms with Gasteiger partial charge in [-0.2, -0.15) is 0 Å². The van der Waals surface area contributed by atoms with Crippen molar-refractivity contribution in [3.8, 4) is 0 Å². The second-order valence-corrected chi connectivity index (χ2v) is 21.3. The van der Waals surface area contributed by atoms with Crippen LogP contribution in [-0.2, 0) is 28.5 Å². The van der Waals surface area contributed by atoms with Crippen molar-refractivity contribution in [2.45, 2.75) is 312 Å². The van der Waals surface area contributed by atoms with Crippen molar-refractivity contribution >= 4 is 11.8 Å². The van der Waals surface area contributed by atoms with Gasteiger partial charge in [0.2, 0.25) is 11.8 Å². The molecule has 426 valence electrons. The van der Waals surface area contributed by atoms with Crippen molar-refractivity contribution < 1.29 is 74.5 Å². The number of hydrogen-bond acceptors (Lipinski definition) is 15. The maximum absolute atomic E-state index is 13.4. The molecule has 2 aliphatic rings. The van der Waals surface area contributed by atoms with Gasteiger partial charge in [0, 0.05) is 6.92 Å². The van der Waals surface area contributed by atoms with Crippen LogP contribution in [0.1, 0.15) is 227 Å². The molecule has 2 saturated heterocycles. The summed E-state index contributed by atoms with van der Waals surface area (Å²) >= 11 is 0. The minimum Gasteiger partial charge on any atom is -0.394 e. The smallest absolute Gasteiger partial charge is 0.249 e. The van der Waals surface area contributed by atoms with Crippen LogP contribution < -0.4 is 10.6 Å². The van der Waals surface area contributed by atoms with E-state index in [1.165, 1.54) is 128 Å². The molecule has 0 spiro atoms. The summed E-state index contributed by atoms with van der Waals surface area (Å²) in [7, 11) is 0. The highest BCUT2D eigenvalue weighted by Crippen LogP contribution is 2.30. The lowest BCUT2D eigenvalue weighted by molar-refractivity contribution is -0.347. The summed E-state index contributed by atoms with van der Waals surface area (Å²) in [6.45, 7) is 5.91. The van der Waals surface area contributed by atoms with Crippen molar-refractivity contribution in [2.24, 2.45) is 5.92 Å². The van der Waals surface area contributed by atoms with Gasteiger partial charge in [-0.05, 0) is 18.8 Å². The van der Waals surface area contributed by atoms with E-state index in [0.29, 0.717) is 12.8 Å². The number of ether oxygens (including phenoxy) is 4. The van der Waals surface area contributed by atoms with Gasteiger partial charge in [-0.1, -0.05) is 207 Å². The summed E-state index contributed by atoms with van der Waals surface area (Å²) in [5.41, 5.74) is 0. The van der Waals surface area contributed by atoms with Gasteiger partial charge < -0.3 is 75.5 Å². The first-order valence-corrected chi connectivity index (χ1v) is 28.8. The number of amides is 2. The highest BCUT2D eigenvalue weighted by atomic mass is 16.7. The van der Waals surface area contributed by atoms with E-state index >= 15 is 0 Å². The third-order valence-electron chi connectivity index (χ3n) is 15.0. The predicted molar refractivity (Wildman–Crippen MR) is 278 cm³/mol. The Bertz CT molecular complexity index is 1340. The molecule has 15 atom stereocenters. The second-order valence-electron chi connectivity index (χ2n) is 21.3. The SMILES string of the molecule is CCCCCCCCCCCCCCCCCCC[C@@H](O)C(=O)N[C@@H](CO[C@H]1O[C@H](CO)[C@H](O[C@H]2O[C@H](CO)[C@@H](O)[C@H](O)[C@H]2NC(C)=O)[C@H](O)[C@H]1O)[C@H](O)[C@H](O)CCCCCCCCCCCCC(C)CC. The standard InChI is InChI=1S/C55H106N2O15/c1-5-7-8-9-10-11-12-13-14-15-16-17-18-23-26-29-32-35-43(62)53(68)57-41(47(63)42(61)34-31-28-25-22-20-19-21-24-27-30-33-39(3)6-2)38-69-55-51(67)50(66)52(45(37-59)71-55)72-54-46(56-40(4)60)49(65)48(64)44(36-58)70-54/h39,41-52,54-55,58-59,61-67H,5-38H2,1-4H3,(H,56,60)(H,57,68)/t39?,41-,42+,43+,44+,45+,46+,47-,48+,49+,50+,51+,52-,54+,55-/m0/s1. The summed E-state index contributed by atoms with van der Waals surface area (Å²) in [6.07, 6.45) is 15.9. The Labute approximate surface area is 433 Å². The maximum atomic E-state index is 13.4. The fourth-order valence-corrected chi connectivity index (χ4v) is 9.90. The molecule has 2 amide bonds. The molecule has 11 N–H and O–H groups in total. The van der Waals surface area contributed by atoms with Crippen molar-refractivity contribution in [3.05, 3.63) is 0 Å². The quantitative estimate of drug-likeness (QED) is 0.0308. The number of rotatable bonds is 44. The largest absolute Gasteiger partial charge is 0.394 e. The summed E-state index contributed by atoms with van der Waals surface area (Å²) in [5, 5.41) is 102. The van der Waals surface area contributed by atoms with E-state index in [9.17, 15) is 55.5 Å². The van der Waals surface area contributed by atoms with E-state index < -0.39 is 117 Å². The topological polar surface area (TPSA) is 277 Å². The highest BCUT2D eigenvalue weighted by Gasteiger charge is 2.51. The number of nitrogens with one attached hydrogen (secondary N) is 2. The molecule has 17 nitrogen and oxygen atoms in total. The zero-order chi connectivity index (χ0) is 53.1. The van der Waals surface area contributed by atoms with E-state index in [2.05, 4.69) is 31.4 Å². The lowest BCUT2D eigenvalue weighted by atomic mass is 9.95. The minimum absolute atomic E-state index is 0.202. The van der Waals surface area contributed by atoms with E-state index in [1.807, 2.05) is 0 Å². The number of carbonyl (C=O) groups is 2. The molecule has 2 fully saturated rings. The molecular weight excluding hydrogens is 929 g/mol. The molecule has 72 heavy (non-hydrogen) atoms. The highest BCUT2D eigenvalue weighted by molar-refractivity contribution is 5.80. The van der Waals surface area contributed by atoms with Crippen LogP contribution in [0.25, 0.3) is 0 Å². The summed E-state index contributed by atoms with van der Waals surface area (Å²) < 4.78 is 23.2. The summed E-state index contributed by atoms with van der Waals surface area (Å²) in [4.78, 5) is 25.4. The number of carbonyl (C=O) groups excluding carboxylic acids is 2. The first kappa shape index (κ1) is 66.5. The van der Waals surface area contributed by atoms with Gasteiger partial charge in [-0.15, -0.1) is 0 Å². The average molecular weight is 1040 g/mol. The lowest BCUT2D eigenvalue weighted by Crippen LogP contribution is -2.67. The first-order valence-electron chi connectivity index (χ1n) is 28.8. The Balaban J connectivity index is 1.93. The lowest BCUT2D eigenvalue weighted by Gasteiger charge is -2.47. The van der Waals surface area contributed by atoms with Crippen molar-refractivity contribution in [1.82, 2.24) is 10.6 Å². The van der Waals surface area contributed by atoms with Crippen LogP contribution in [0, 0.1) is 5.92 Å². The van der Waals surface area contributed by atoms with Gasteiger partial charge in [-0.3, -0.25) is 9.59 Å². The summed E-state index contributed by atoms with van der Waals surface area (Å²) in [6, 6.07) is -2.67. The monoisotopic (exact) mass is 1030 g/mol. The fraction of sp³-hybridized carbons (Fsp3) is 0.964. The van der Waals surface area contributed by atoms with Crippen LogP contribution in [-0.4, -0.2) is 163 Å². The Morgan fingerprint density at radius 3 is 1.46 bits per heavy atom. The molecular formula is C55H106N2O15. The Morgan fingerprint density at radius 2 is 1.00 bits per heavy atom.